The number of hydrogen-bond donors (Lipinski definition) is 0. The van der Waals surface area contributed by atoms with Crippen LogP contribution in [0, 0.1) is 5.82 Å². The summed E-state index contributed by atoms with van der Waals surface area (Å²) in [4.78, 5) is 15.3. The highest BCUT2D eigenvalue weighted by Crippen LogP contribution is 2.35. The van der Waals surface area contributed by atoms with Gasteiger partial charge in [0.15, 0.2) is 0 Å². The van der Waals surface area contributed by atoms with Gasteiger partial charge in [-0.3, -0.25) is 9.69 Å². The van der Waals surface area contributed by atoms with Crippen molar-refractivity contribution in [2.75, 3.05) is 20.3 Å². The first-order chi connectivity index (χ1) is 19.0. The quantitative estimate of drug-likeness (QED) is 0.126. The number of methoxy groups -OCH3 is 1. The smallest absolute Gasteiger partial charge is 0.266 e. The van der Waals surface area contributed by atoms with E-state index in [1.54, 1.807) is 28.8 Å². The Morgan fingerprint density at radius 3 is 2.49 bits per heavy atom. The Hall–Kier alpha value is -3.79. The first-order valence-corrected chi connectivity index (χ1v) is 13.6. The lowest BCUT2D eigenvalue weighted by Gasteiger charge is -2.13. The van der Waals surface area contributed by atoms with Crippen molar-refractivity contribution in [3.8, 4) is 22.7 Å². The van der Waals surface area contributed by atoms with Crippen molar-refractivity contribution in [1.29, 1.82) is 0 Å². The fourth-order valence-electron chi connectivity index (χ4n) is 4.09. The van der Waals surface area contributed by atoms with Gasteiger partial charge in [0.1, 0.15) is 22.5 Å². The van der Waals surface area contributed by atoms with Crippen LogP contribution in [0.4, 0.5) is 4.39 Å². The van der Waals surface area contributed by atoms with Gasteiger partial charge in [-0.2, -0.15) is 5.10 Å². The Morgan fingerprint density at radius 2 is 1.77 bits per heavy atom. The Bertz CT molecular complexity index is 1490. The van der Waals surface area contributed by atoms with Gasteiger partial charge in [0.2, 0.25) is 0 Å². The molecule has 0 radical (unpaired) electrons. The van der Waals surface area contributed by atoms with E-state index < -0.39 is 0 Å². The molecule has 0 saturated carbocycles. The lowest BCUT2D eigenvalue weighted by atomic mass is 10.1. The summed E-state index contributed by atoms with van der Waals surface area (Å²) >= 11 is 6.78. The molecule has 1 aromatic heterocycles. The van der Waals surface area contributed by atoms with Gasteiger partial charge >= 0.3 is 0 Å². The molecule has 1 saturated heterocycles. The first kappa shape index (κ1) is 26.8. The van der Waals surface area contributed by atoms with E-state index >= 15 is 0 Å². The van der Waals surface area contributed by atoms with Crippen molar-refractivity contribution in [1.82, 2.24) is 14.7 Å². The molecule has 2 heterocycles. The third-order valence-corrected chi connectivity index (χ3v) is 7.48. The molecule has 3 aromatic carbocycles. The zero-order valence-electron chi connectivity index (χ0n) is 21.2. The van der Waals surface area contributed by atoms with Gasteiger partial charge in [-0.25, -0.2) is 9.07 Å². The SMILES string of the molecule is COCCCN1C(=O)C(=Cc2cn(-c3ccccc3)nc2-c2ccc(OCc3ccc(F)cc3)cc2)SC1=S. The standard InChI is InChI=1S/C30H26FN3O3S2/c1-36-17-5-16-33-29(35)27(39-30(33)38)18-23-19-34(25-6-3-2-4-7-25)32-28(23)22-10-14-26(15-11-22)37-20-21-8-12-24(31)13-9-21/h2-4,6-15,18-19H,5,16-17,20H2,1H3. The number of rotatable bonds is 10. The van der Waals surface area contributed by atoms with E-state index in [9.17, 15) is 9.18 Å². The summed E-state index contributed by atoms with van der Waals surface area (Å²) in [6.07, 6.45) is 4.49. The van der Waals surface area contributed by atoms with Crippen LogP contribution in [0.1, 0.15) is 17.5 Å². The second-order valence-electron chi connectivity index (χ2n) is 8.83. The van der Waals surface area contributed by atoms with Gasteiger partial charge in [0.05, 0.1) is 16.3 Å². The maximum absolute atomic E-state index is 13.2. The van der Waals surface area contributed by atoms with Crippen LogP contribution in [-0.4, -0.2) is 45.2 Å². The molecule has 0 bridgehead atoms. The predicted molar refractivity (Wildman–Crippen MR) is 156 cm³/mol. The molecule has 4 aromatic rings. The average Bonchev–Trinajstić information content (AvgIpc) is 3.50. The van der Waals surface area contributed by atoms with Crippen LogP contribution in [0.25, 0.3) is 23.0 Å². The minimum absolute atomic E-state index is 0.107. The number of carbonyl (C=O) groups is 1. The maximum Gasteiger partial charge on any atom is 0.266 e. The fourth-order valence-corrected chi connectivity index (χ4v) is 5.39. The summed E-state index contributed by atoms with van der Waals surface area (Å²) in [6, 6.07) is 23.7. The molecule has 198 valence electrons. The molecule has 0 N–H and O–H groups in total. The molecule has 1 aliphatic rings. The largest absolute Gasteiger partial charge is 0.489 e. The van der Waals surface area contributed by atoms with Crippen LogP contribution in [-0.2, 0) is 16.1 Å². The minimum Gasteiger partial charge on any atom is -0.489 e. The van der Waals surface area contributed by atoms with E-state index in [-0.39, 0.29) is 11.7 Å². The van der Waals surface area contributed by atoms with Crippen molar-refractivity contribution < 1.29 is 18.7 Å². The third kappa shape index (κ3) is 6.44. The number of nitrogens with zero attached hydrogens (tertiary/aromatic N) is 3. The molecule has 6 nitrogen and oxygen atoms in total. The maximum atomic E-state index is 13.2. The molecule has 0 spiro atoms. The van der Waals surface area contributed by atoms with Crippen molar-refractivity contribution in [2.24, 2.45) is 0 Å². The van der Waals surface area contributed by atoms with E-state index in [1.165, 1.54) is 23.9 Å². The van der Waals surface area contributed by atoms with Gasteiger partial charge in [0, 0.05) is 37.6 Å². The van der Waals surface area contributed by atoms with E-state index in [0.29, 0.717) is 41.2 Å². The number of thioether (sulfide) groups is 1. The van der Waals surface area contributed by atoms with Gasteiger partial charge in [-0.05, 0) is 66.6 Å². The molecule has 0 unspecified atom stereocenters. The third-order valence-electron chi connectivity index (χ3n) is 6.10. The second-order valence-corrected chi connectivity index (χ2v) is 10.5. The van der Waals surface area contributed by atoms with Crippen LogP contribution in [0.3, 0.4) is 0 Å². The highest BCUT2D eigenvalue weighted by Gasteiger charge is 2.32. The number of amides is 1. The highest BCUT2D eigenvalue weighted by atomic mass is 32.2. The summed E-state index contributed by atoms with van der Waals surface area (Å²) < 4.78 is 26.5. The van der Waals surface area contributed by atoms with Crippen molar-refractivity contribution >= 4 is 40.3 Å². The number of carbonyl (C=O) groups excluding carboxylic acids is 1. The molecular weight excluding hydrogens is 533 g/mol. The highest BCUT2D eigenvalue weighted by molar-refractivity contribution is 8.26. The summed E-state index contributed by atoms with van der Waals surface area (Å²) in [5.74, 6) is 0.301. The van der Waals surface area contributed by atoms with Gasteiger partial charge in [-0.15, -0.1) is 0 Å². The predicted octanol–water partition coefficient (Wildman–Crippen LogP) is 6.50. The number of ether oxygens (including phenoxy) is 2. The molecule has 39 heavy (non-hydrogen) atoms. The minimum atomic E-state index is -0.276. The van der Waals surface area contributed by atoms with Crippen LogP contribution in [0.5, 0.6) is 5.75 Å². The van der Waals surface area contributed by atoms with E-state index in [0.717, 1.165) is 28.1 Å². The van der Waals surface area contributed by atoms with Crippen molar-refractivity contribution in [3.63, 3.8) is 0 Å². The first-order valence-electron chi connectivity index (χ1n) is 12.4. The van der Waals surface area contributed by atoms with Gasteiger partial charge < -0.3 is 9.47 Å². The lowest BCUT2D eigenvalue weighted by molar-refractivity contribution is -0.122. The number of para-hydroxylation sites is 1. The molecule has 9 heteroatoms. The Kier molecular flexibility index (Phi) is 8.51. The van der Waals surface area contributed by atoms with E-state index in [2.05, 4.69) is 0 Å². The zero-order valence-corrected chi connectivity index (χ0v) is 22.9. The molecular formula is C30H26FN3O3S2. The van der Waals surface area contributed by atoms with Gasteiger partial charge in [0.25, 0.3) is 5.91 Å². The molecule has 5 rings (SSSR count). The number of benzene rings is 3. The normalized spacial score (nSPS) is 14.4. The van der Waals surface area contributed by atoms with E-state index in [4.69, 9.17) is 26.8 Å². The monoisotopic (exact) mass is 559 g/mol. The summed E-state index contributed by atoms with van der Waals surface area (Å²) in [5, 5.41) is 4.86. The van der Waals surface area contributed by atoms with Crippen LogP contribution in [0.15, 0.2) is 90.0 Å². The summed E-state index contributed by atoms with van der Waals surface area (Å²) in [6.45, 7) is 1.42. The summed E-state index contributed by atoms with van der Waals surface area (Å²) in [7, 11) is 1.64. The number of thiocarbonyl (C=S) groups is 1. The van der Waals surface area contributed by atoms with Crippen LogP contribution >= 0.6 is 24.0 Å². The molecule has 0 atom stereocenters. The Balaban J connectivity index is 1.41. The number of hydrogen-bond acceptors (Lipinski definition) is 6. The summed E-state index contributed by atoms with van der Waals surface area (Å²) in [5.41, 5.74) is 4.19. The van der Waals surface area contributed by atoms with E-state index in [1.807, 2.05) is 66.9 Å². The molecule has 1 amide bonds. The second kappa shape index (κ2) is 12.4. The van der Waals surface area contributed by atoms with Crippen LogP contribution < -0.4 is 4.74 Å². The van der Waals surface area contributed by atoms with Crippen LogP contribution in [0.2, 0.25) is 0 Å². The van der Waals surface area contributed by atoms with Crippen molar-refractivity contribution in [2.45, 2.75) is 13.0 Å². The van der Waals surface area contributed by atoms with Gasteiger partial charge in [-0.1, -0.05) is 54.3 Å². The number of aromatic nitrogens is 2. The molecule has 0 aliphatic carbocycles. The Labute approximate surface area is 236 Å². The average molecular weight is 560 g/mol. The lowest BCUT2D eigenvalue weighted by Crippen LogP contribution is -2.29. The number of halogens is 1. The van der Waals surface area contributed by atoms with Crippen molar-refractivity contribution in [3.05, 3.63) is 107 Å². The molecule has 1 fully saturated rings. The zero-order chi connectivity index (χ0) is 27.2. The fraction of sp³-hybridized carbons (Fsp3) is 0.167. The topological polar surface area (TPSA) is 56.6 Å². The molecule has 1 aliphatic heterocycles. The Morgan fingerprint density at radius 1 is 1.03 bits per heavy atom.